The number of pyridine rings is 2. The Morgan fingerprint density at radius 2 is 1.70 bits per heavy atom. The van der Waals surface area contributed by atoms with E-state index in [1.807, 2.05) is 27.7 Å². The van der Waals surface area contributed by atoms with E-state index in [9.17, 15) is 9.59 Å². The van der Waals surface area contributed by atoms with Gasteiger partial charge < -0.3 is 23.8 Å². The van der Waals surface area contributed by atoms with Crippen LogP contribution in [0.3, 0.4) is 0 Å². The molecule has 2 aromatic heterocycles. The number of halogens is 2. The molecule has 3 aromatic rings. The van der Waals surface area contributed by atoms with Gasteiger partial charge in [-0.05, 0) is 87.9 Å². The molecule has 0 aliphatic carbocycles. The standard InChI is InChI=1S/C34H44F2N4O4/c1-5-6-13-40-22-28(26-7-12-37-20-27(26)32(40)41)24-18-29(35)31(30(36)19-24)43-25-10-14-38(15-11-25)21-23-8-16-39(17-9-23)33(42)44-34(2,3)4/h7,12,18-20,22-23,25H,5-6,8-11,13-17,21H2,1-4H3. The van der Waals surface area contributed by atoms with E-state index >= 15 is 8.78 Å². The summed E-state index contributed by atoms with van der Waals surface area (Å²) >= 11 is 0. The van der Waals surface area contributed by atoms with Crippen molar-refractivity contribution in [2.45, 2.75) is 84.5 Å². The average Bonchev–Trinajstić information content (AvgIpc) is 2.99. The number of benzene rings is 1. The first kappa shape index (κ1) is 31.9. The van der Waals surface area contributed by atoms with E-state index in [-0.39, 0.29) is 23.5 Å². The van der Waals surface area contributed by atoms with Crippen LogP contribution in [-0.2, 0) is 11.3 Å². The molecule has 0 unspecified atom stereocenters. The predicted molar refractivity (Wildman–Crippen MR) is 167 cm³/mol. The fourth-order valence-corrected chi connectivity index (χ4v) is 6.16. The zero-order chi connectivity index (χ0) is 31.4. The third-order valence-electron chi connectivity index (χ3n) is 8.55. The van der Waals surface area contributed by atoms with E-state index in [1.165, 1.54) is 18.3 Å². The van der Waals surface area contributed by atoms with Gasteiger partial charge >= 0.3 is 6.09 Å². The fraction of sp³-hybridized carbons (Fsp3) is 0.559. The highest BCUT2D eigenvalue weighted by Crippen LogP contribution is 2.34. The molecule has 2 aliphatic heterocycles. The molecule has 2 saturated heterocycles. The van der Waals surface area contributed by atoms with Crippen LogP contribution >= 0.6 is 0 Å². The first-order valence-electron chi connectivity index (χ1n) is 15.9. The first-order chi connectivity index (χ1) is 21.0. The fourth-order valence-electron chi connectivity index (χ4n) is 6.16. The Morgan fingerprint density at radius 1 is 1.02 bits per heavy atom. The van der Waals surface area contributed by atoms with Crippen LogP contribution in [0.5, 0.6) is 5.75 Å². The van der Waals surface area contributed by atoms with E-state index in [2.05, 4.69) is 9.88 Å². The Kier molecular flexibility index (Phi) is 9.87. The molecule has 0 spiro atoms. The number of aryl methyl sites for hydroxylation is 1. The quantitative estimate of drug-likeness (QED) is 0.285. The van der Waals surface area contributed by atoms with Gasteiger partial charge in [-0.2, -0.15) is 0 Å². The van der Waals surface area contributed by atoms with E-state index in [4.69, 9.17) is 9.47 Å². The maximum absolute atomic E-state index is 15.4. The molecule has 4 heterocycles. The highest BCUT2D eigenvalue weighted by Gasteiger charge is 2.30. The van der Waals surface area contributed by atoms with Crippen LogP contribution in [0.1, 0.15) is 66.2 Å². The number of carbonyl (C=O) groups excluding carboxylic acids is 1. The minimum Gasteiger partial charge on any atom is -0.484 e. The molecular formula is C34H44F2N4O4. The summed E-state index contributed by atoms with van der Waals surface area (Å²) in [6.07, 6.45) is 9.18. The second kappa shape index (κ2) is 13.6. The summed E-state index contributed by atoms with van der Waals surface area (Å²) in [6.45, 7) is 12.1. The molecule has 0 atom stereocenters. The Labute approximate surface area is 258 Å². The maximum atomic E-state index is 15.4. The number of piperidine rings is 2. The van der Waals surface area contributed by atoms with E-state index in [0.29, 0.717) is 60.3 Å². The van der Waals surface area contributed by atoms with Gasteiger partial charge in [-0.3, -0.25) is 9.78 Å². The van der Waals surface area contributed by atoms with Crippen molar-refractivity contribution in [3.8, 4) is 16.9 Å². The lowest BCUT2D eigenvalue weighted by Gasteiger charge is -2.38. The summed E-state index contributed by atoms with van der Waals surface area (Å²) in [7, 11) is 0. The van der Waals surface area contributed by atoms with Crippen molar-refractivity contribution in [3.63, 3.8) is 0 Å². The van der Waals surface area contributed by atoms with Crippen molar-refractivity contribution in [2.75, 3.05) is 32.7 Å². The molecule has 0 saturated carbocycles. The summed E-state index contributed by atoms with van der Waals surface area (Å²) in [5.41, 5.74) is 0.265. The second-order valence-corrected chi connectivity index (χ2v) is 13.1. The molecule has 0 radical (unpaired) electrons. The van der Waals surface area contributed by atoms with E-state index in [1.54, 1.807) is 27.9 Å². The van der Waals surface area contributed by atoms with Gasteiger partial charge in [-0.1, -0.05) is 13.3 Å². The third kappa shape index (κ3) is 7.57. The normalized spacial score (nSPS) is 17.3. The number of likely N-dealkylation sites (tertiary alicyclic amines) is 2. The number of amides is 1. The summed E-state index contributed by atoms with van der Waals surface area (Å²) in [5, 5.41) is 1.02. The van der Waals surface area contributed by atoms with Gasteiger partial charge in [-0.25, -0.2) is 13.6 Å². The molecule has 1 aromatic carbocycles. The summed E-state index contributed by atoms with van der Waals surface area (Å²) in [5.74, 6) is -1.37. The number of ether oxygens (including phenoxy) is 2. The van der Waals surface area contributed by atoms with Gasteiger partial charge in [0.15, 0.2) is 17.4 Å². The lowest BCUT2D eigenvalue weighted by molar-refractivity contribution is 0.0155. The molecule has 44 heavy (non-hydrogen) atoms. The maximum Gasteiger partial charge on any atom is 0.410 e. The van der Waals surface area contributed by atoms with Gasteiger partial charge in [0.1, 0.15) is 11.7 Å². The Hall–Kier alpha value is -3.53. The number of carbonyl (C=O) groups is 1. The molecule has 1 amide bonds. The van der Waals surface area contributed by atoms with Crippen LogP contribution in [-0.4, -0.2) is 69.9 Å². The Morgan fingerprint density at radius 3 is 2.34 bits per heavy atom. The first-order valence-corrected chi connectivity index (χ1v) is 15.9. The number of hydrogen-bond acceptors (Lipinski definition) is 6. The minimum atomic E-state index is -0.757. The monoisotopic (exact) mass is 610 g/mol. The zero-order valence-electron chi connectivity index (χ0n) is 26.3. The topological polar surface area (TPSA) is 76.9 Å². The number of fused-ring (bicyclic) bond motifs is 1. The van der Waals surface area contributed by atoms with Crippen LogP contribution in [0, 0.1) is 17.6 Å². The molecule has 2 aliphatic rings. The Balaban J connectivity index is 1.19. The number of unbranched alkanes of at least 4 members (excludes halogenated alkanes) is 1. The van der Waals surface area contributed by atoms with Crippen LogP contribution in [0.15, 0.2) is 41.6 Å². The van der Waals surface area contributed by atoms with Crippen molar-refractivity contribution in [2.24, 2.45) is 5.92 Å². The molecule has 2 fully saturated rings. The molecule has 0 N–H and O–H groups in total. The van der Waals surface area contributed by atoms with Gasteiger partial charge in [-0.15, -0.1) is 0 Å². The van der Waals surface area contributed by atoms with Crippen molar-refractivity contribution >= 4 is 16.9 Å². The largest absolute Gasteiger partial charge is 0.484 e. The van der Waals surface area contributed by atoms with Crippen molar-refractivity contribution < 1.29 is 23.0 Å². The van der Waals surface area contributed by atoms with Gasteiger partial charge in [0.25, 0.3) is 5.56 Å². The van der Waals surface area contributed by atoms with Crippen LogP contribution in [0.2, 0.25) is 0 Å². The van der Waals surface area contributed by atoms with Crippen LogP contribution in [0.25, 0.3) is 21.9 Å². The van der Waals surface area contributed by atoms with Gasteiger partial charge in [0, 0.05) is 63.4 Å². The highest BCUT2D eigenvalue weighted by molar-refractivity contribution is 5.95. The lowest BCUT2D eigenvalue weighted by atomic mass is 9.95. The second-order valence-electron chi connectivity index (χ2n) is 13.1. The minimum absolute atomic E-state index is 0.163. The SMILES string of the molecule is CCCCn1cc(-c2cc(F)c(OC3CCN(CC4CCN(C(=O)OC(C)(C)C)CC4)CC3)c(F)c2)c2ccncc2c1=O. The summed E-state index contributed by atoms with van der Waals surface area (Å²) in [6, 6.07) is 4.29. The molecule has 8 nitrogen and oxygen atoms in total. The number of aromatic nitrogens is 2. The third-order valence-corrected chi connectivity index (χ3v) is 8.55. The molecule has 10 heteroatoms. The molecule has 238 valence electrons. The van der Waals surface area contributed by atoms with E-state index < -0.39 is 17.2 Å². The lowest BCUT2D eigenvalue weighted by Crippen LogP contribution is -2.45. The van der Waals surface area contributed by atoms with Gasteiger partial charge in [0.2, 0.25) is 0 Å². The summed E-state index contributed by atoms with van der Waals surface area (Å²) in [4.78, 5) is 33.6. The van der Waals surface area contributed by atoms with Crippen molar-refractivity contribution in [3.05, 3.63) is 58.8 Å². The predicted octanol–water partition coefficient (Wildman–Crippen LogP) is 6.63. The number of nitrogens with zero attached hydrogens (tertiary/aromatic N) is 4. The van der Waals surface area contributed by atoms with Crippen molar-refractivity contribution in [1.82, 2.24) is 19.4 Å². The summed E-state index contributed by atoms with van der Waals surface area (Å²) < 4.78 is 43.8. The molecular weight excluding hydrogens is 566 g/mol. The van der Waals surface area contributed by atoms with Crippen LogP contribution < -0.4 is 10.3 Å². The highest BCUT2D eigenvalue weighted by atomic mass is 19.1. The van der Waals surface area contributed by atoms with Crippen LogP contribution in [0.4, 0.5) is 13.6 Å². The van der Waals surface area contributed by atoms with E-state index in [0.717, 1.165) is 45.3 Å². The Bertz CT molecular complexity index is 1500. The number of hydrogen-bond donors (Lipinski definition) is 0. The smallest absolute Gasteiger partial charge is 0.410 e. The van der Waals surface area contributed by atoms with Crippen molar-refractivity contribution in [1.29, 1.82) is 0 Å². The average molecular weight is 611 g/mol. The van der Waals surface area contributed by atoms with Gasteiger partial charge in [0.05, 0.1) is 5.39 Å². The molecule has 5 rings (SSSR count). The zero-order valence-corrected chi connectivity index (χ0v) is 26.3. The number of rotatable bonds is 8. The molecule has 0 bridgehead atoms.